The van der Waals surface area contributed by atoms with E-state index in [1.807, 2.05) is 31.2 Å². The summed E-state index contributed by atoms with van der Waals surface area (Å²) in [6.45, 7) is 5.68. The zero-order valence-electron chi connectivity index (χ0n) is 6.59. The topological polar surface area (TPSA) is 0 Å². The Balaban J connectivity index is 3.22. The molecule has 0 heterocycles. The van der Waals surface area contributed by atoms with Gasteiger partial charge in [0.1, 0.15) is 0 Å². The fourth-order valence-corrected chi connectivity index (χ4v) is 0.976. The van der Waals surface area contributed by atoms with E-state index >= 15 is 0 Å². The average molecular weight is 142 g/mol. The Kier molecular flexibility index (Phi) is 2.13. The highest BCUT2D eigenvalue weighted by Crippen LogP contribution is 2.10. The zero-order valence-corrected chi connectivity index (χ0v) is 6.59. The van der Waals surface area contributed by atoms with E-state index in [4.69, 9.17) is 6.42 Å². The third-order valence-electron chi connectivity index (χ3n) is 1.64. The van der Waals surface area contributed by atoms with Crippen LogP contribution in [0.2, 0.25) is 0 Å². The molecular formula is C11H10. The van der Waals surface area contributed by atoms with Crippen molar-refractivity contribution >= 4 is 6.08 Å². The third kappa shape index (κ3) is 1.50. The van der Waals surface area contributed by atoms with E-state index < -0.39 is 0 Å². The quantitative estimate of drug-likeness (QED) is 0.529. The molecule has 0 nitrogen and oxygen atoms in total. The number of terminal acetylenes is 1. The highest BCUT2D eigenvalue weighted by Gasteiger charge is 1.93. The molecule has 0 N–H and O–H groups in total. The molecule has 0 amide bonds. The van der Waals surface area contributed by atoms with Crippen LogP contribution in [0.15, 0.2) is 24.8 Å². The van der Waals surface area contributed by atoms with Gasteiger partial charge in [-0.3, -0.25) is 0 Å². The normalized spacial score (nSPS) is 8.73. The van der Waals surface area contributed by atoms with Crippen LogP contribution in [0.5, 0.6) is 0 Å². The van der Waals surface area contributed by atoms with E-state index in [0.717, 1.165) is 16.7 Å². The maximum absolute atomic E-state index is 5.27. The first-order valence-electron chi connectivity index (χ1n) is 3.47. The molecule has 0 saturated heterocycles. The Hall–Kier alpha value is -1.48. The molecule has 54 valence electrons. The Morgan fingerprint density at radius 3 is 2.73 bits per heavy atom. The van der Waals surface area contributed by atoms with Crippen molar-refractivity contribution in [1.29, 1.82) is 0 Å². The molecule has 0 spiro atoms. The molecule has 0 unspecified atom stereocenters. The highest BCUT2D eigenvalue weighted by atomic mass is 14.0. The van der Waals surface area contributed by atoms with E-state index in [1.54, 1.807) is 0 Å². The van der Waals surface area contributed by atoms with Crippen LogP contribution >= 0.6 is 0 Å². The van der Waals surface area contributed by atoms with Crippen LogP contribution in [0.25, 0.3) is 6.08 Å². The second kappa shape index (κ2) is 3.07. The van der Waals surface area contributed by atoms with Crippen molar-refractivity contribution in [2.45, 2.75) is 6.92 Å². The molecule has 1 rings (SSSR count). The van der Waals surface area contributed by atoms with Gasteiger partial charge in [0.25, 0.3) is 0 Å². The van der Waals surface area contributed by atoms with Gasteiger partial charge in [0.2, 0.25) is 0 Å². The van der Waals surface area contributed by atoms with Gasteiger partial charge in [0.05, 0.1) is 0 Å². The monoisotopic (exact) mass is 142 g/mol. The second-order valence-corrected chi connectivity index (χ2v) is 2.42. The van der Waals surface area contributed by atoms with E-state index in [-0.39, 0.29) is 0 Å². The van der Waals surface area contributed by atoms with Crippen molar-refractivity contribution in [3.63, 3.8) is 0 Å². The average Bonchev–Trinajstić information content (AvgIpc) is 2.04. The van der Waals surface area contributed by atoms with Gasteiger partial charge in [-0.1, -0.05) is 30.7 Å². The predicted molar refractivity (Wildman–Crippen MR) is 49.2 cm³/mol. The highest BCUT2D eigenvalue weighted by molar-refractivity contribution is 5.52. The summed E-state index contributed by atoms with van der Waals surface area (Å²) >= 11 is 0. The maximum atomic E-state index is 5.27. The molecular weight excluding hydrogens is 132 g/mol. The lowest BCUT2D eigenvalue weighted by atomic mass is 10.1. The van der Waals surface area contributed by atoms with Gasteiger partial charge in [0, 0.05) is 5.56 Å². The molecule has 0 saturated carbocycles. The number of hydrogen-bond donors (Lipinski definition) is 0. The summed E-state index contributed by atoms with van der Waals surface area (Å²) in [4.78, 5) is 0. The minimum Gasteiger partial charge on any atom is -0.115 e. The van der Waals surface area contributed by atoms with Crippen molar-refractivity contribution in [3.05, 3.63) is 41.5 Å². The summed E-state index contributed by atoms with van der Waals surface area (Å²) in [5.41, 5.74) is 3.20. The fourth-order valence-electron chi connectivity index (χ4n) is 0.976. The smallest absolute Gasteiger partial charge is 0.0272 e. The Labute approximate surface area is 67.6 Å². The lowest BCUT2D eigenvalue weighted by Crippen LogP contribution is -1.81. The molecule has 1 aromatic carbocycles. The van der Waals surface area contributed by atoms with Crippen molar-refractivity contribution in [3.8, 4) is 12.3 Å². The van der Waals surface area contributed by atoms with Crippen molar-refractivity contribution in [1.82, 2.24) is 0 Å². The predicted octanol–water partition coefficient (Wildman–Crippen LogP) is 2.62. The van der Waals surface area contributed by atoms with Crippen LogP contribution in [0.3, 0.4) is 0 Å². The summed E-state index contributed by atoms with van der Waals surface area (Å²) in [6, 6.07) is 5.93. The standard InChI is InChI=1S/C11H10/c1-4-10-6-7-11(5-2)9(3)8-10/h2,4,6-8H,1H2,3H3. The third-order valence-corrected chi connectivity index (χ3v) is 1.64. The molecule has 0 aliphatic heterocycles. The van der Waals surface area contributed by atoms with Crippen LogP contribution in [0.4, 0.5) is 0 Å². The first-order valence-corrected chi connectivity index (χ1v) is 3.47. The molecule has 0 aromatic heterocycles. The van der Waals surface area contributed by atoms with E-state index in [0.29, 0.717) is 0 Å². The van der Waals surface area contributed by atoms with Crippen LogP contribution in [-0.2, 0) is 0 Å². The summed E-state index contributed by atoms with van der Waals surface area (Å²) in [5.74, 6) is 2.61. The minimum atomic E-state index is 0.954. The molecule has 11 heavy (non-hydrogen) atoms. The first-order chi connectivity index (χ1) is 5.27. The van der Waals surface area contributed by atoms with E-state index in [1.165, 1.54) is 0 Å². The second-order valence-electron chi connectivity index (χ2n) is 2.42. The minimum absolute atomic E-state index is 0.954. The molecule has 0 fully saturated rings. The summed E-state index contributed by atoms with van der Waals surface area (Å²) < 4.78 is 0. The molecule has 0 aliphatic carbocycles. The van der Waals surface area contributed by atoms with E-state index in [9.17, 15) is 0 Å². The fraction of sp³-hybridized carbons (Fsp3) is 0.0909. The Morgan fingerprint density at radius 2 is 2.27 bits per heavy atom. The molecule has 0 bridgehead atoms. The van der Waals surface area contributed by atoms with Gasteiger partial charge in [-0.15, -0.1) is 6.42 Å². The van der Waals surface area contributed by atoms with Crippen molar-refractivity contribution in [2.24, 2.45) is 0 Å². The van der Waals surface area contributed by atoms with Crippen LogP contribution in [-0.4, -0.2) is 0 Å². The van der Waals surface area contributed by atoms with Gasteiger partial charge in [-0.2, -0.15) is 0 Å². The van der Waals surface area contributed by atoms with Crippen molar-refractivity contribution < 1.29 is 0 Å². The summed E-state index contributed by atoms with van der Waals surface area (Å²) in [6.07, 6.45) is 7.08. The van der Waals surface area contributed by atoms with Gasteiger partial charge in [-0.25, -0.2) is 0 Å². The number of benzene rings is 1. The van der Waals surface area contributed by atoms with Gasteiger partial charge in [0.15, 0.2) is 0 Å². The summed E-state index contributed by atoms with van der Waals surface area (Å²) in [5, 5.41) is 0. The largest absolute Gasteiger partial charge is 0.115 e. The zero-order chi connectivity index (χ0) is 8.27. The summed E-state index contributed by atoms with van der Waals surface area (Å²) in [7, 11) is 0. The lowest BCUT2D eigenvalue weighted by Gasteiger charge is -1.98. The molecule has 0 radical (unpaired) electrons. The Bertz CT molecular complexity index is 313. The van der Waals surface area contributed by atoms with Gasteiger partial charge >= 0.3 is 0 Å². The number of aryl methyl sites for hydroxylation is 1. The first kappa shape index (κ1) is 7.63. The lowest BCUT2D eigenvalue weighted by molar-refractivity contribution is 1.43. The van der Waals surface area contributed by atoms with Gasteiger partial charge in [-0.05, 0) is 24.1 Å². The van der Waals surface area contributed by atoms with Crippen LogP contribution in [0.1, 0.15) is 16.7 Å². The van der Waals surface area contributed by atoms with Crippen LogP contribution in [0, 0.1) is 19.3 Å². The van der Waals surface area contributed by atoms with Gasteiger partial charge < -0.3 is 0 Å². The molecule has 0 atom stereocenters. The Morgan fingerprint density at radius 1 is 1.55 bits per heavy atom. The number of hydrogen-bond acceptors (Lipinski definition) is 0. The maximum Gasteiger partial charge on any atom is 0.0272 e. The van der Waals surface area contributed by atoms with Crippen LogP contribution < -0.4 is 0 Å². The number of rotatable bonds is 1. The SMILES string of the molecule is C#Cc1ccc(C=C)cc1C. The van der Waals surface area contributed by atoms with E-state index in [2.05, 4.69) is 12.5 Å². The van der Waals surface area contributed by atoms with Crippen molar-refractivity contribution in [2.75, 3.05) is 0 Å². The molecule has 0 heteroatoms. The molecule has 0 aliphatic rings. The molecule has 1 aromatic rings.